The zero-order valence-electron chi connectivity index (χ0n) is 17.9. The van der Waals surface area contributed by atoms with Crippen molar-refractivity contribution < 1.29 is 19.4 Å². The molecule has 2 aliphatic heterocycles. The van der Waals surface area contributed by atoms with E-state index in [-0.39, 0.29) is 24.6 Å². The molecule has 1 aliphatic carbocycles. The lowest BCUT2D eigenvalue weighted by molar-refractivity contribution is -0.172. The lowest BCUT2D eigenvalue weighted by atomic mass is 9.83. The fraction of sp³-hybridized carbons (Fsp3) is 0.375. The normalized spacial score (nSPS) is 22.9. The Bertz CT molecular complexity index is 1410. The second kappa shape index (κ2) is 6.40. The number of pyridine rings is 2. The largest absolute Gasteiger partial charge is 0.496 e. The first kappa shape index (κ1) is 19.5. The third-order valence-corrected chi connectivity index (χ3v) is 7.27. The second-order valence-electron chi connectivity index (χ2n) is 8.74. The molecular formula is C24H23N3O5. The molecule has 3 aliphatic rings. The molecule has 8 nitrogen and oxygen atoms in total. The van der Waals surface area contributed by atoms with Gasteiger partial charge in [0.15, 0.2) is 5.60 Å². The van der Waals surface area contributed by atoms with Gasteiger partial charge in [-0.1, -0.05) is 6.92 Å². The third kappa shape index (κ3) is 2.26. The average Bonchev–Trinajstić information content (AvgIpc) is 3.17. The molecule has 0 spiro atoms. The number of rotatable bonds is 2. The van der Waals surface area contributed by atoms with Crippen LogP contribution < -0.4 is 16.0 Å². The fourth-order valence-electron chi connectivity index (χ4n) is 5.54. The number of nitrogens with two attached hydrogens (primary N) is 1. The lowest BCUT2D eigenvalue weighted by Crippen LogP contribution is -2.44. The molecule has 0 saturated carbocycles. The van der Waals surface area contributed by atoms with Crippen LogP contribution in [0.15, 0.2) is 23.0 Å². The Labute approximate surface area is 183 Å². The highest BCUT2D eigenvalue weighted by molar-refractivity contribution is 5.93. The van der Waals surface area contributed by atoms with Gasteiger partial charge in [0.05, 0.1) is 36.1 Å². The monoisotopic (exact) mass is 433 g/mol. The number of esters is 1. The molecule has 2 aromatic heterocycles. The summed E-state index contributed by atoms with van der Waals surface area (Å²) in [6, 6.07) is 5.41. The van der Waals surface area contributed by atoms with Crippen LogP contribution in [0.5, 0.6) is 5.75 Å². The maximum atomic E-state index is 13.4. The van der Waals surface area contributed by atoms with E-state index in [4.69, 9.17) is 20.2 Å². The maximum absolute atomic E-state index is 13.4. The van der Waals surface area contributed by atoms with Crippen molar-refractivity contribution in [2.45, 2.75) is 51.0 Å². The number of methoxy groups -OCH3 is 1. The number of hydrogen-bond donors (Lipinski definition) is 2. The molecule has 0 bridgehead atoms. The second-order valence-corrected chi connectivity index (χ2v) is 8.74. The van der Waals surface area contributed by atoms with Gasteiger partial charge >= 0.3 is 5.97 Å². The highest BCUT2D eigenvalue weighted by atomic mass is 16.6. The summed E-state index contributed by atoms with van der Waals surface area (Å²) in [6.07, 6.45) is 1.68. The number of aryl methyl sites for hydroxylation is 1. The number of nitrogens with zero attached hydrogens (tertiary/aromatic N) is 2. The van der Waals surface area contributed by atoms with Crippen molar-refractivity contribution in [1.29, 1.82) is 0 Å². The number of carbonyl (C=O) groups is 1. The number of cyclic esters (lactones) is 1. The van der Waals surface area contributed by atoms with E-state index in [0.29, 0.717) is 23.4 Å². The molecule has 1 unspecified atom stereocenters. The van der Waals surface area contributed by atoms with E-state index < -0.39 is 11.6 Å². The molecule has 0 amide bonds. The Hall–Kier alpha value is -3.23. The smallest absolute Gasteiger partial charge is 0.343 e. The Balaban J connectivity index is 1.66. The van der Waals surface area contributed by atoms with Crippen LogP contribution in [-0.4, -0.2) is 27.7 Å². The van der Waals surface area contributed by atoms with E-state index in [1.165, 1.54) is 0 Å². The fourth-order valence-corrected chi connectivity index (χ4v) is 5.54. The summed E-state index contributed by atoms with van der Waals surface area (Å²) >= 11 is 0. The number of aromatic nitrogens is 2. The van der Waals surface area contributed by atoms with E-state index in [1.807, 2.05) is 12.1 Å². The topological polar surface area (TPSA) is 117 Å². The number of ether oxygens (including phenoxy) is 2. The first-order valence-corrected chi connectivity index (χ1v) is 10.8. The van der Waals surface area contributed by atoms with Crippen LogP contribution >= 0.6 is 0 Å². The minimum Gasteiger partial charge on any atom is -0.496 e. The van der Waals surface area contributed by atoms with Gasteiger partial charge in [-0.2, -0.15) is 0 Å². The van der Waals surface area contributed by atoms with Gasteiger partial charge in [0.1, 0.15) is 12.4 Å². The van der Waals surface area contributed by atoms with E-state index in [1.54, 1.807) is 24.7 Å². The lowest BCUT2D eigenvalue weighted by Gasteiger charge is -2.31. The summed E-state index contributed by atoms with van der Waals surface area (Å²) in [4.78, 5) is 30.7. The first-order chi connectivity index (χ1) is 15.4. The number of fused-ring (bicyclic) bond motifs is 5. The number of hydrogen-bond acceptors (Lipinski definition) is 7. The van der Waals surface area contributed by atoms with Crippen molar-refractivity contribution >= 4 is 16.9 Å². The molecule has 32 heavy (non-hydrogen) atoms. The SMILES string of the molecule is CC[C@@]1(O)C(=O)OCc2c1cc1n(c2=O)Cc2c-1nc1ccc(OC)c3c1c2CCC3N. The molecule has 3 N–H and O–H groups in total. The molecule has 0 fully saturated rings. The summed E-state index contributed by atoms with van der Waals surface area (Å²) in [6.45, 7) is 1.95. The predicted octanol–water partition coefficient (Wildman–Crippen LogP) is 2.03. The molecule has 0 radical (unpaired) electrons. The quantitative estimate of drug-likeness (QED) is 0.465. The standard InChI is InChI=1S/C24H23N3O5/c1-3-24(30)14-8-17-21-12(9-27(17)22(28)13(14)10-32-23(24)29)11-4-5-15(25)20-18(31-2)7-6-16(26-21)19(11)20/h6-8,15,30H,3-5,9-10,25H2,1-2H3/t15?,24-/m0/s1. The van der Waals surface area contributed by atoms with Gasteiger partial charge in [-0.25, -0.2) is 9.78 Å². The number of carbonyl (C=O) groups excluding carboxylic acids is 1. The van der Waals surface area contributed by atoms with Gasteiger partial charge in [0, 0.05) is 28.1 Å². The Morgan fingerprint density at radius 1 is 1.31 bits per heavy atom. The van der Waals surface area contributed by atoms with Crippen LogP contribution in [-0.2, 0) is 34.7 Å². The van der Waals surface area contributed by atoms with E-state index in [0.717, 1.165) is 51.9 Å². The molecule has 164 valence electrons. The van der Waals surface area contributed by atoms with Crippen molar-refractivity contribution in [2.75, 3.05) is 7.11 Å². The van der Waals surface area contributed by atoms with Crippen LogP contribution in [0.2, 0.25) is 0 Å². The van der Waals surface area contributed by atoms with Crippen molar-refractivity contribution in [3.8, 4) is 17.1 Å². The van der Waals surface area contributed by atoms with Crippen molar-refractivity contribution in [1.82, 2.24) is 9.55 Å². The first-order valence-electron chi connectivity index (χ1n) is 10.8. The van der Waals surface area contributed by atoms with Crippen LogP contribution in [0, 0.1) is 0 Å². The predicted molar refractivity (Wildman–Crippen MR) is 116 cm³/mol. The molecule has 2 atom stereocenters. The van der Waals surface area contributed by atoms with Gasteiger partial charge in [0.25, 0.3) is 5.56 Å². The van der Waals surface area contributed by atoms with Crippen molar-refractivity contribution in [3.05, 3.63) is 56.4 Å². The Morgan fingerprint density at radius 3 is 2.88 bits per heavy atom. The maximum Gasteiger partial charge on any atom is 0.343 e. The number of aliphatic hydroxyl groups is 1. The van der Waals surface area contributed by atoms with Crippen molar-refractivity contribution in [2.24, 2.45) is 5.73 Å². The van der Waals surface area contributed by atoms with Crippen LogP contribution in [0.25, 0.3) is 22.3 Å². The third-order valence-electron chi connectivity index (χ3n) is 7.27. The van der Waals surface area contributed by atoms with Crippen LogP contribution in [0.1, 0.15) is 53.6 Å². The van der Waals surface area contributed by atoms with Gasteiger partial charge in [-0.15, -0.1) is 0 Å². The minimum atomic E-state index is -1.83. The van der Waals surface area contributed by atoms with Gasteiger partial charge in [-0.3, -0.25) is 4.79 Å². The van der Waals surface area contributed by atoms with Crippen molar-refractivity contribution in [3.63, 3.8) is 0 Å². The van der Waals surface area contributed by atoms with E-state index in [2.05, 4.69) is 0 Å². The summed E-state index contributed by atoms with van der Waals surface area (Å²) in [5.74, 6) is 0.0295. The van der Waals surface area contributed by atoms with E-state index >= 15 is 0 Å². The number of benzene rings is 1. The zero-order chi connectivity index (χ0) is 22.4. The van der Waals surface area contributed by atoms with Gasteiger partial charge in [-0.05, 0) is 43.0 Å². The minimum absolute atomic E-state index is 0.117. The van der Waals surface area contributed by atoms with Crippen LogP contribution in [0.3, 0.4) is 0 Å². The molecule has 4 heterocycles. The molecule has 3 aromatic rings. The summed E-state index contributed by atoms with van der Waals surface area (Å²) < 4.78 is 12.4. The zero-order valence-corrected chi connectivity index (χ0v) is 17.9. The van der Waals surface area contributed by atoms with Gasteiger partial charge in [0.2, 0.25) is 0 Å². The van der Waals surface area contributed by atoms with Crippen LogP contribution in [0.4, 0.5) is 0 Å². The average molecular weight is 433 g/mol. The molecule has 1 aromatic carbocycles. The molecule has 8 heteroatoms. The van der Waals surface area contributed by atoms with E-state index in [9.17, 15) is 14.7 Å². The molecule has 6 rings (SSSR count). The highest BCUT2D eigenvalue weighted by Gasteiger charge is 2.45. The summed E-state index contributed by atoms with van der Waals surface area (Å²) in [5.41, 5.74) is 10.2. The highest BCUT2D eigenvalue weighted by Crippen LogP contribution is 2.45. The molecular weight excluding hydrogens is 410 g/mol. The Kier molecular flexibility index (Phi) is 3.89. The summed E-state index contributed by atoms with van der Waals surface area (Å²) in [5, 5.41) is 12.0. The molecule has 0 saturated heterocycles. The Morgan fingerprint density at radius 2 is 2.12 bits per heavy atom. The van der Waals surface area contributed by atoms with Gasteiger partial charge < -0.3 is 24.9 Å². The summed E-state index contributed by atoms with van der Waals surface area (Å²) in [7, 11) is 1.64.